The van der Waals surface area contributed by atoms with Crippen LogP contribution >= 0.6 is 27.5 Å². The van der Waals surface area contributed by atoms with Crippen molar-refractivity contribution in [1.29, 1.82) is 0 Å². The van der Waals surface area contributed by atoms with Crippen LogP contribution in [0.3, 0.4) is 0 Å². The molecule has 0 amide bonds. The Morgan fingerprint density at radius 1 is 1.41 bits per heavy atom. The molecular weight excluding hydrogens is 302 g/mol. The number of benzene rings is 1. The van der Waals surface area contributed by atoms with Gasteiger partial charge in [-0.05, 0) is 17.7 Å². The molecule has 0 unspecified atom stereocenters. The lowest BCUT2D eigenvalue weighted by molar-refractivity contribution is 0.596. The van der Waals surface area contributed by atoms with Gasteiger partial charge in [0, 0.05) is 41.5 Å². The topological polar surface area (TPSA) is 29.9 Å². The van der Waals surface area contributed by atoms with Crippen molar-refractivity contribution in [2.45, 2.75) is 13.1 Å². The third kappa shape index (κ3) is 3.84. The molecule has 0 fully saturated rings. The average molecular weight is 315 g/mol. The summed E-state index contributed by atoms with van der Waals surface area (Å²) in [5, 5.41) is 4.13. The van der Waals surface area contributed by atoms with Crippen LogP contribution < -0.4 is 5.32 Å². The Labute approximate surface area is 114 Å². The Balaban J connectivity index is 1.78. The van der Waals surface area contributed by atoms with E-state index in [1.807, 2.05) is 35.3 Å². The van der Waals surface area contributed by atoms with E-state index in [0.29, 0.717) is 0 Å². The fraction of sp³-hybridized carbons (Fsp3) is 0.250. The minimum Gasteiger partial charge on any atom is -0.336 e. The van der Waals surface area contributed by atoms with Crippen LogP contribution in [-0.4, -0.2) is 16.1 Å². The second-order valence-corrected chi connectivity index (χ2v) is 5.00. The molecule has 0 atom stereocenters. The smallest absolute Gasteiger partial charge is 0.0946 e. The van der Waals surface area contributed by atoms with Gasteiger partial charge in [-0.25, -0.2) is 4.98 Å². The minimum atomic E-state index is 0.749. The second kappa shape index (κ2) is 6.19. The first-order chi connectivity index (χ1) is 8.25. The molecule has 0 bridgehead atoms. The largest absolute Gasteiger partial charge is 0.336 e. The van der Waals surface area contributed by atoms with E-state index in [1.54, 1.807) is 6.20 Å². The molecule has 0 spiro atoms. The van der Waals surface area contributed by atoms with Crippen LogP contribution in [0, 0.1) is 0 Å². The first-order valence-electron chi connectivity index (χ1n) is 5.36. The van der Waals surface area contributed by atoms with E-state index in [2.05, 4.69) is 26.2 Å². The summed E-state index contributed by atoms with van der Waals surface area (Å²) in [5.41, 5.74) is 1.21. The lowest BCUT2D eigenvalue weighted by Gasteiger charge is -2.07. The summed E-state index contributed by atoms with van der Waals surface area (Å²) >= 11 is 9.38. The molecule has 1 heterocycles. The average Bonchev–Trinajstić information content (AvgIpc) is 2.79. The van der Waals surface area contributed by atoms with Crippen molar-refractivity contribution in [2.75, 3.05) is 6.54 Å². The fourth-order valence-corrected chi connectivity index (χ4v) is 2.34. The maximum Gasteiger partial charge on any atom is 0.0946 e. The van der Waals surface area contributed by atoms with Crippen LogP contribution in [0.1, 0.15) is 5.56 Å². The van der Waals surface area contributed by atoms with Gasteiger partial charge in [0.25, 0.3) is 0 Å². The van der Waals surface area contributed by atoms with Gasteiger partial charge in [0.2, 0.25) is 0 Å². The van der Waals surface area contributed by atoms with Gasteiger partial charge in [-0.2, -0.15) is 0 Å². The SMILES string of the molecule is Clc1ccc(CNCCn2ccnc2)c(Br)c1. The van der Waals surface area contributed by atoms with Crippen LogP contribution in [0.15, 0.2) is 41.4 Å². The zero-order chi connectivity index (χ0) is 12.1. The van der Waals surface area contributed by atoms with Gasteiger partial charge in [-0.1, -0.05) is 33.6 Å². The number of rotatable bonds is 5. The van der Waals surface area contributed by atoms with E-state index in [4.69, 9.17) is 11.6 Å². The highest BCUT2D eigenvalue weighted by Gasteiger charge is 2.00. The van der Waals surface area contributed by atoms with Crippen molar-refractivity contribution in [2.24, 2.45) is 0 Å². The maximum absolute atomic E-state index is 5.89. The predicted octanol–water partition coefficient (Wildman–Crippen LogP) is 3.09. The number of imidazole rings is 1. The third-order valence-corrected chi connectivity index (χ3v) is 3.41. The molecule has 0 aliphatic carbocycles. The Morgan fingerprint density at radius 2 is 2.29 bits per heavy atom. The molecule has 0 radical (unpaired) electrons. The first kappa shape index (κ1) is 12.6. The molecule has 5 heteroatoms. The van der Waals surface area contributed by atoms with Crippen molar-refractivity contribution in [3.05, 3.63) is 52.0 Å². The van der Waals surface area contributed by atoms with Gasteiger partial charge >= 0.3 is 0 Å². The number of nitrogens with zero attached hydrogens (tertiary/aromatic N) is 2. The van der Waals surface area contributed by atoms with E-state index in [9.17, 15) is 0 Å². The third-order valence-electron chi connectivity index (χ3n) is 2.44. The monoisotopic (exact) mass is 313 g/mol. The highest BCUT2D eigenvalue weighted by atomic mass is 79.9. The van der Waals surface area contributed by atoms with Crippen LogP contribution in [-0.2, 0) is 13.1 Å². The number of halogens is 2. The number of hydrogen-bond donors (Lipinski definition) is 1. The van der Waals surface area contributed by atoms with Gasteiger partial charge < -0.3 is 9.88 Å². The predicted molar refractivity (Wildman–Crippen MR) is 73.1 cm³/mol. The van der Waals surface area contributed by atoms with Crippen molar-refractivity contribution >= 4 is 27.5 Å². The fourth-order valence-electron chi connectivity index (χ4n) is 1.52. The van der Waals surface area contributed by atoms with E-state index >= 15 is 0 Å². The number of hydrogen-bond acceptors (Lipinski definition) is 2. The van der Waals surface area contributed by atoms with Crippen LogP contribution in [0.25, 0.3) is 0 Å². The summed E-state index contributed by atoms with van der Waals surface area (Å²) in [6, 6.07) is 5.84. The Hall–Kier alpha value is -0.840. The molecular formula is C12H13BrClN3. The minimum absolute atomic E-state index is 0.749. The van der Waals surface area contributed by atoms with E-state index in [0.717, 1.165) is 29.1 Å². The highest BCUT2D eigenvalue weighted by Crippen LogP contribution is 2.21. The molecule has 0 saturated carbocycles. The van der Waals surface area contributed by atoms with Gasteiger partial charge in [-0.3, -0.25) is 0 Å². The molecule has 2 rings (SSSR count). The van der Waals surface area contributed by atoms with Gasteiger partial charge in [-0.15, -0.1) is 0 Å². The van der Waals surface area contributed by atoms with Crippen molar-refractivity contribution in [3.8, 4) is 0 Å². The van der Waals surface area contributed by atoms with Gasteiger partial charge in [0.15, 0.2) is 0 Å². The molecule has 1 aromatic carbocycles. The van der Waals surface area contributed by atoms with E-state index < -0.39 is 0 Å². The zero-order valence-corrected chi connectivity index (χ0v) is 11.6. The molecule has 1 N–H and O–H groups in total. The molecule has 0 aliphatic heterocycles. The summed E-state index contributed by atoms with van der Waals surface area (Å²) in [7, 11) is 0. The summed E-state index contributed by atoms with van der Waals surface area (Å²) in [6.45, 7) is 2.66. The van der Waals surface area contributed by atoms with Crippen LogP contribution in [0.4, 0.5) is 0 Å². The molecule has 1 aromatic heterocycles. The zero-order valence-electron chi connectivity index (χ0n) is 9.24. The van der Waals surface area contributed by atoms with Gasteiger partial charge in [0.05, 0.1) is 6.33 Å². The van der Waals surface area contributed by atoms with E-state index in [1.165, 1.54) is 5.56 Å². The number of aromatic nitrogens is 2. The van der Waals surface area contributed by atoms with Crippen molar-refractivity contribution < 1.29 is 0 Å². The second-order valence-electron chi connectivity index (χ2n) is 3.71. The van der Waals surface area contributed by atoms with E-state index in [-0.39, 0.29) is 0 Å². The van der Waals surface area contributed by atoms with Gasteiger partial charge in [0.1, 0.15) is 0 Å². The molecule has 90 valence electrons. The standard InChI is InChI=1S/C12H13BrClN3/c13-12-7-11(14)2-1-10(12)8-15-3-5-17-6-4-16-9-17/h1-2,4,6-7,9,15H,3,5,8H2. The summed E-state index contributed by atoms with van der Waals surface area (Å²) in [6.07, 6.45) is 5.57. The van der Waals surface area contributed by atoms with Crippen molar-refractivity contribution in [3.63, 3.8) is 0 Å². The molecule has 17 heavy (non-hydrogen) atoms. The Kier molecular flexibility index (Phi) is 4.59. The maximum atomic E-state index is 5.89. The summed E-state index contributed by atoms with van der Waals surface area (Å²) < 4.78 is 3.09. The van der Waals surface area contributed by atoms with Crippen LogP contribution in [0.2, 0.25) is 5.02 Å². The van der Waals surface area contributed by atoms with Crippen molar-refractivity contribution in [1.82, 2.24) is 14.9 Å². The lowest BCUT2D eigenvalue weighted by Crippen LogP contribution is -2.19. The number of nitrogens with one attached hydrogen (secondary N) is 1. The Morgan fingerprint density at radius 3 is 3.00 bits per heavy atom. The molecule has 0 aliphatic rings. The van der Waals surface area contributed by atoms with Crippen LogP contribution in [0.5, 0.6) is 0 Å². The summed E-state index contributed by atoms with van der Waals surface area (Å²) in [4.78, 5) is 4.00. The molecule has 0 saturated heterocycles. The lowest BCUT2D eigenvalue weighted by atomic mass is 10.2. The first-order valence-corrected chi connectivity index (χ1v) is 6.53. The highest BCUT2D eigenvalue weighted by molar-refractivity contribution is 9.10. The Bertz CT molecular complexity index is 471. The molecule has 3 nitrogen and oxygen atoms in total. The normalized spacial score (nSPS) is 10.7. The quantitative estimate of drug-likeness (QED) is 0.860. The summed E-state index contributed by atoms with van der Waals surface area (Å²) in [5.74, 6) is 0. The molecule has 2 aromatic rings.